The van der Waals surface area contributed by atoms with Crippen molar-refractivity contribution in [2.24, 2.45) is 0 Å². The lowest BCUT2D eigenvalue weighted by Gasteiger charge is -2.14. The zero-order chi connectivity index (χ0) is 14.8. The Labute approximate surface area is 114 Å². The molecule has 0 radical (unpaired) electrons. The molecule has 2 aromatic rings. The second-order valence-electron chi connectivity index (χ2n) is 4.39. The van der Waals surface area contributed by atoms with Crippen LogP contribution in [-0.4, -0.2) is 5.11 Å². The number of alkyl halides is 3. The van der Waals surface area contributed by atoms with E-state index in [2.05, 4.69) is 0 Å². The van der Waals surface area contributed by atoms with E-state index in [-0.39, 0.29) is 18.1 Å². The minimum Gasteiger partial charge on any atom is -0.508 e. The predicted molar refractivity (Wildman–Crippen MR) is 68.6 cm³/mol. The van der Waals surface area contributed by atoms with Crippen LogP contribution in [0.15, 0.2) is 42.5 Å². The first-order chi connectivity index (χ1) is 9.38. The third kappa shape index (κ3) is 3.23. The molecule has 0 saturated heterocycles. The molecule has 5 heteroatoms. The highest BCUT2D eigenvalue weighted by Gasteiger charge is 2.33. The summed E-state index contributed by atoms with van der Waals surface area (Å²) < 4.78 is 43.6. The molecular weight excluding hydrogens is 269 g/mol. The molecule has 2 aromatic carbocycles. The molecule has 2 rings (SSSR count). The van der Waals surface area contributed by atoms with Gasteiger partial charge in [0.2, 0.25) is 0 Å². The quantitative estimate of drug-likeness (QED) is 0.909. The van der Waals surface area contributed by atoms with E-state index in [1.807, 2.05) is 0 Å². The third-order valence-corrected chi connectivity index (χ3v) is 2.90. The van der Waals surface area contributed by atoms with E-state index in [9.17, 15) is 18.3 Å². The van der Waals surface area contributed by atoms with Gasteiger partial charge >= 0.3 is 6.18 Å². The highest BCUT2D eigenvalue weighted by atomic mass is 19.4. The summed E-state index contributed by atoms with van der Waals surface area (Å²) in [5, 5.41) is 9.28. The van der Waals surface area contributed by atoms with Gasteiger partial charge < -0.3 is 9.84 Å². The maximum absolute atomic E-state index is 12.8. The molecule has 0 bridgehead atoms. The highest BCUT2D eigenvalue weighted by molar-refractivity contribution is 5.37. The Morgan fingerprint density at radius 2 is 1.80 bits per heavy atom. The normalized spacial score (nSPS) is 11.4. The minimum absolute atomic E-state index is 0.0131. The maximum Gasteiger partial charge on any atom is 0.419 e. The standard InChI is InChI=1S/C15H13F3O2/c1-10-8-12(19)7-6-11(10)9-20-14-5-3-2-4-13(14)15(16,17)18/h2-8,19H,9H2,1H3. The maximum atomic E-state index is 12.8. The van der Waals surface area contributed by atoms with Gasteiger partial charge in [-0.2, -0.15) is 13.2 Å². The van der Waals surface area contributed by atoms with E-state index in [4.69, 9.17) is 4.74 Å². The number of aromatic hydroxyl groups is 1. The van der Waals surface area contributed by atoms with Crippen LogP contribution in [0.25, 0.3) is 0 Å². The lowest BCUT2D eigenvalue weighted by molar-refractivity contribution is -0.139. The number of phenols is 1. The smallest absolute Gasteiger partial charge is 0.419 e. The van der Waals surface area contributed by atoms with Gasteiger partial charge in [0.1, 0.15) is 18.1 Å². The number of ether oxygens (including phenoxy) is 1. The van der Waals surface area contributed by atoms with Gasteiger partial charge in [0.25, 0.3) is 0 Å². The van der Waals surface area contributed by atoms with Gasteiger partial charge in [0.05, 0.1) is 5.56 Å². The van der Waals surface area contributed by atoms with Crippen LogP contribution < -0.4 is 4.74 Å². The summed E-state index contributed by atoms with van der Waals surface area (Å²) >= 11 is 0. The number of benzene rings is 2. The summed E-state index contributed by atoms with van der Waals surface area (Å²) in [5.74, 6) is -0.0885. The monoisotopic (exact) mass is 282 g/mol. The molecule has 0 aliphatic carbocycles. The fourth-order valence-corrected chi connectivity index (χ4v) is 1.82. The SMILES string of the molecule is Cc1cc(O)ccc1COc1ccccc1C(F)(F)F. The van der Waals surface area contributed by atoms with Crippen LogP contribution >= 0.6 is 0 Å². The summed E-state index contributed by atoms with van der Waals surface area (Å²) in [6.45, 7) is 1.77. The number of rotatable bonds is 3. The molecule has 0 atom stereocenters. The molecule has 0 fully saturated rings. The lowest BCUT2D eigenvalue weighted by atomic mass is 10.1. The molecule has 20 heavy (non-hydrogen) atoms. The van der Waals surface area contributed by atoms with E-state index in [0.29, 0.717) is 0 Å². The van der Waals surface area contributed by atoms with E-state index in [1.165, 1.54) is 30.3 Å². The first-order valence-corrected chi connectivity index (χ1v) is 5.95. The average molecular weight is 282 g/mol. The van der Waals surface area contributed by atoms with Crippen molar-refractivity contribution < 1.29 is 23.0 Å². The number of hydrogen-bond donors (Lipinski definition) is 1. The van der Waals surface area contributed by atoms with Gasteiger partial charge in [0.15, 0.2) is 0 Å². The van der Waals surface area contributed by atoms with E-state index >= 15 is 0 Å². The van der Waals surface area contributed by atoms with Crippen molar-refractivity contribution in [3.63, 3.8) is 0 Å². The molecule has 2 nitrogen and oxygen atoms in total. The number of aryl methyl sites for hydroxylation is 1. The molecule has 0 aromatic heterocycles. The van der Waals surface area contributed by atoms with Crippen LogP contribution in [0, 0.1) is 6.92 Å². The first kappa shape index (κ1) is 14.2. The minimum atomic E-state index is -4.44. The topological polar surface area (TPSA) is 29.5 Å². The van der Waals surface area contributed by atoms with Crippen LogP contribution in [0.1, 0.15) is 16.7 Å². The Morgan fingerprint density at radius 3 is 2.45 bits per heavy atom. The van der Waals surface area contributed by atoms with E-state index in [1.54, 1.807) is 13.0 Å². The molecule has 0 spiro atoms. The third-order valence-electron chi connectivity index (χ3n) is 2.90. The second-order valence-corrected chi connectivity index (χ2v) is 4.39. The van der Waals surface area contributed by atoms with Gasteiger partial charge in [-0.05, 0) is 42.3 Å². The highest BCUT2D eigenvalue weighted by Crippen LogP contribution is 2.36. The Kier molecular flexibility index (Phi) is 3.88. The van der Waals surface area contributed by atoms with E-state index < -0.39 is 11.7 Å². The average Bonchev–Trinajstić information content (AvgIpc) is 2.37. The Hall–Kier alpha value is -2.17. The molecule has 0 unspecified atom stereocenters. The van der Waals surface area contributed by atoms with Crippen LogP contribution in [0.3, 0.4) is 0 Å². The zero-order valence-electron chi connectivity index (χ0n) is 10.7. The van der Waals surface area contributed by atoms with Crippen LogP contribution in [-0.2, 0) is 12.8 Å². The number of halogens is 3. The predicted octanol–water partition coefficient (Wildman–Crippen LogP) is 4.30. The summed E-state index contributed by atoms with van der Waals surface area (Å²) in [7, 11) is 0. The van der Waals surface area contributed by atoms with Gasteiger partial charge in [-0.1, -0.05) is 18.2 Å². The van der Waals surface area contributed by atoms with Gasteiger partial charge in [-0.25, -0.2) is 0 Å². The molecule has 0 heterocycles. The Morgan fingerprint density at radius 1 is 1.10 bits per heavy atom. The van der Waals surface area contributed by atoms with Crippen LogP contribution in [0.4, 0.5) is 13.2 Å². The fourth-order valence-electron chi connectivity index (χ4n) is 1.82. The summed E-state index contributed by atoms with van der Waals surface area (Å²) in [6, 6.07) is 9.73. The largest absolute Gasteiger partial charge is 0.508 e. The van der Waals surface area contributed by atoms with Crippen LogP contribution in [0.2, 0.25) is 0 Å². The lowest BCUT2D eigenvalue weighted by Crippen LogP contribution is -2.08. The number of phenolic OH excluding ortho intramolecular Hbond substituents is 1. The molecule has 0 aliphatic heterocycles. The first-order valence-electron chi connectivity index (χ1n) is 5.95. The van der Waals surface area contributed by atoms with Gasteiger partial charge in [-0.3, -0.25) is 0 Å². The summed E-state index contributed by atoms with van der Waals surface area (Å²) in [6.07, 6.45) is -4.44. The van der Waals surface area contributed by atoms with E-state index in [0.717, 1.165) is 17.2 Å². The summed E-state index contributed by atoms with van der Waals surface area (Å²) in [5.41, 5.74) is 0.686. The molecular formula is C15H13F3O2. The Balaban J connectivity index is 2.19. The Bertz CT molecular complexity index is 606. The van der Waals surface area contributed by atoms with Crippen molar-refractivity contribution in [3.8, 4) is 11.5 Å². The molecule has 0 amide bonds. The molecule has 1 N–H and O–H groups in total. The van der Waals surface area contributed by atoms with Crippen molar-refractivity contribution in [1.82, 2.24) is 0 Å². The number of hydrogen-bond acceptors (Lipinski definition) is 2. The second kappa shape index (κ2) is 5.45. The molecule has 0 aliphatic rings. The number of para-hydroxylation sites is 1. The van der Waals surface area contributed by atoms with Gasteiger partial charge in [-0.15, -0.1) is 0 Å². The van der Waals surface area contributed by atoms with Crippen molar-refractivity contribution in [2.75, 3.05) is 0 Å². The van der Waals surface area contributed by atoms with Crippen molar-refractivity contribution in [3.05, 3.63) is 59.2 Å². The fraction of sp³-hybridized carbons (Fsp3) is 0.200. The van der Waals surface area contributed by atoms with Crippen molar-refractivity contribution in [2.45, 2.75) is 19.7 Å². The van der Waals surface area contributed by atoms with Crippen LogP contribution in [0.5, 0.6) is 11.5 Å². The van der Waals surface area contributed by atoms with Crippen molar-refractivity contribution in [1.29, 1.82) is 0 Å². The van der Waals surface area contributed by atoms with Gasteiger partial charge in [0, 0.05) is 0 Å². The zero-order valence-corrected chi connectivity index (χ0v) is 10.7. The van der Waals surface area contributed by atoms with Crippen molar-refractivity contribution >= 4 is 0 Å². The molecule has 106 valence electrons. The summed E-state index contributed by atoms with van der Waals surface area (Å²) in [4.78, 5) is 0. The molecule has 0 saturated carbocycles.